The number of oxazole rings is 1. The van der Waals surface area contributed by atoms with E-state index in [0.717, 1.165) is 11.3 Å². The van der Waals surface area contributed by atoms with E-state index in [1.807, 2.05) is 12.1 Å². The molecule has 0 saturated carbocycles. The lowest BCUT2D eigenvalue weighted by Gasteiger charge is -2.13. The molecule has 0 atom stereocenters. The van der Waals surface area contributed by atoms with Gasteiger partial charge in [-0.25, -0.2) is 4.98 Å². The number of halogens is 2. The van der Waals surface area contributed by atoms with E-state index in [2.05, 4.69) is 51.5 Å². The molecule has 0 unspecified atom stereocenters. The molecule has 3 rings (SSSR count). The topological polar surface area (TPSA) is 101 Å². The van der Waals surface area contributed by atoms with Crippen LogP contribution in [0, 0.1) is 0 Å². The van der Waals surface area contributed by atoms with Crippen LogP contribution in [0.2, 0.25) is 5.02 Å². The molecule has 2 aromatic heterocycles. The summed E-state index contributed by atoms with van der Waals surface area (Å²) in [7, 11) is 1.71. The molecule has 0 fully saturated rings. The molecule has 0 aliphatic heterocycles. The zero-order valence-corrected chi connectivity index (χ0v) is 20.5. The number of rotatable bonds is 6. The minimum Gasteiger partial charge on any atom is -0.443 e. The quantitative estimate of drug-likeness (QED) is 0.272. The summed E-state index contributed by atoms with van der Waals surface area (Å²) in [6, 6.07) is 7.30. The van der Waals surface area contributed by atoms with E-state index in [9.17, 15) is 0 Å². The molecule has 10 heteroatoms. The monoisotopic (exact) mass is 544 g/mol. The first-order valence-corrected chi connectivity index (χ1v) is 9.71. The molecule has 2 heterocycles. The number of guanidine groups is 1. The highest BCUT2D eigenvalue weighted by Crippen LogP contribution is 2.22. The Labute approximate surface area is 197 Å². The van der Waals surface area contributed by atoms with Gasteiger partial charge in [0.05, 0.1) is 12.7 Å². The lowest BCUT2D eigenvalue weighted by Crippen LogP contribution is -2.37. The number of nitrogens with one attached hydrogen (secondary N) is 2. The van der Waals surface area contributed by atoms with Gasteiger partial charge in [0, 0.05) is 36.0 Å². The predicted molar refractivity (Wildman–Crippen MR) is 127 cm³/mol. The van der Waals surface area contributed by atoms with E-state index in [4.69, 9.17) is 20.5 Å². The Morgan fingerprint density at radius 3 is 2.50 bits per heavy atom. The number of benzene rings is 1. The Hall–Kier alpha value is -2.14. The first-order valence-electron chi connectivity index (χ1n) is 9.33. The summed E-state index contributed by atoms with van der Waals surface area (Å²) in [6.45, 7) is 7.28. The molecule has 0 saturated heterocycles. The van der Waals surface area contributed by atoms with Crippen LogP contribution in [-0.2, 0) is 18.4 Å². The number of nitrogens with zero attached hydrogens (tertiary/aromatic N) is 4. The molecule has 0 aliphatic carbocycles. The molecule has 1 aromatic carbocycles. The van der Waals surface area contributed by atoms with E-state index in [0.29, 0.717) is 48.1 Å². The first kappa shape index (κ1) is 24.1. The summed E-state index contributed by atoms with van der Waals surface area (Å²) in [4.78, 5) is 12.9. The van der Waals surface area contributed by atoms with Crippen molar-refractivity contribution in [3.63, 3.8) is 0 Å². The molecule has 0 amide bonds. The Balaban J connectivity index is 0.00000320. The van der Waals surface area contributed by atoms with Crippen molar-refractivity contribution in [3.8, 4) is 11.4 Å². The number of aliphatic imine (C=N–C) groups is 1. The zero-order valence-electron chi connectivity index (χ0n) is 17.4. The highest BCUT2D eigenvalue weighted by molar-refractivity contribution is 14.0. The smallest absolute Gasteiger partial charge is 0.228 e. The molecule has 0 bridgehead atoms. The third kappa shape index (κ3) is 6.69. The molecular formula is C20H26ClIN6O2. The van der Waals surface area contributed by atoms with Crippen LogP contribution in [0.25, 0.3) is 11.4 Å². The largest absolute Gasteiger partial charge is 0.443 e. The second-order valence-electron chi connectivity index (χ2n) is 7.49. The molecular weight excluding hydrogens is 519 g/mol. The van der Waals surface area contributed by atoms with Gasteiger partial charge in [-0.05, 0) is 24.3 Å². The fourth-order valence-corrected chi connectivity index (χ4v) is 2.61. The molecule has 0 radical (unpaired) electrons. The third-order valence-corrected chi connectivity index (χ3v) is 4.38. The molecule has 0 aliphatic rings. The Morgan fingerprint density at radius 2 is 1.87 bits per heavy atom. The predicted octanol–water partition coefficient (Wildman–Crippen LogP) is 4.20. The maximum atomic E-state index is 5.90. The third-order valence-electron chi connectivity index (χ3n) is 4.13. The Bertz CT molecular complexity index is 962. The van der Waals surface area contributed by atoms with Crippen LogP contribution in [-0.4, -0.2) is 34.7 Å². The van der Waals surface area contributed by atoms with Gasteiger partial charge in [0.2, 0.25) is 17.6 Å². The summed E-state index contributed by atoms with van der Waals surface area (Å²) in [5, 5.41) is 11.1. The maximum Gasteiger partial charge on any atom is 0.228 e. The molecule has 30 heavy (non-hydrogen) atoms. The molecule has 0 spiro atoms. The van der Waals surface area contributed by atoms with Crippen LogP contribution >= 0.6 is 35.6 Å². The minimum absolute atomic E-state index is 0. The van der Waals surface area contributed by atoms with Crippen LogP contribution in [0.3, 0.4) is 0 Å². The van der Waals surface area contributed by atoms with E-state index < -0.39 is 0 Å². The van der Waals surface area contributed by atoms with Gasteiger partial charge in [-0.1, -0.05) is 37.5 Å². The van der Waals surface area contributed by atoms with Crippen LogP contribution in [0.4, 0.5) is 0 Å². The van der Waals surface area contributed by atoms with Crippen LogP contribution < -0.4 is 10.6 Å². The average Bonchev–Trinajstić information content (AvgIpc) is 3.34. The highest BCUT2D eigenvalue weighted by Gasteiger charge is 2.19. The van der Waals surface area contributed by atoms with Crippen LogP contribution in [0.5, 0.6) is 0 Å². The normalized spacial score (nSPS) is 11.8. The van der Waals surface area contributed by atoms with Crippen molar-refractivity contribution in [1.29, 1.82) is 0 Å². The fraction of sp³-hybridized carbons (Fsp3) is 0.400. The Morgan fingerprint density at radius 1 is 1.13 bits per heavy atom. The molecule has 8 nitrogen and oxygen atoms in total. The van der Waals surface area contributed by atoms with Gasteiger partial charge < -0.3 is 19.6 Å². The van der Waals surface area contributed by atoms with Gasteiger partial charge in [-0.2, -0.15) is 4.98 Å². The van der Waals surface area contributed by atoms with E-state index in [1.54, 1.807) is 25.4 Å². The summed E-state index contributed by atoms with van der Waals surface area (Å²) in [5.41, 5.74) is 0.788. The number of aromatic nitrogens is 3. The highest BCUT2D eigenvalue weighted by atomic mass is 127. The van der Waals surface area contributed by atoms with Crippen LogP contribution in [0.15, 0.2) is 44.4 Å². The van der Waals surface area contributed by atoms with Gasteiger partial charge in [-0.3, -0.25) is 4.99 Å². The van der Waals surface area contributed by atoms with Crippen LogP contribution in [0.1, 0.15) is 38.3 Å². The second-order valence-corrected chi connectivity index (χ2v) is 7.93. The van der Waals surface area contributed by atoms with Crippen molar-refractivity contribution in [2.45, 2.75) is 39.2 Å². The van der Waals surface area contributed by atoms with Crippen molar-refractivity contribution in [2.24, 2.45) is 4.99 Å². The molecule has 162 valence electrons. The first-order chi connectivity index (χ1) is 13.8. The van der Waals surface area contributed by atoms with Gasteiger partial charge in [0.1, 0.15) is 5.76 Å². The van der Waals surface area contributed by atoms with Crippen molar-refractivity contribution in [2.75, 3.05) is 13.6 Å². The summed E-state index contributed by atoms with van der Waals surface area (Å²) in [5.74, 6) is 3.18. The van der Waals surface area contributed by atoms with Gasteiger partial charge in [0.25, 0.3) is 0 Å². The summed E-state index contributed by atoms with van der Waals surface area (Å²) >= 11 is 5.90. The minimum atomic E-state index is -0.0693. The second kappa shape index (κ2) is 10.8. The zero-order chi connectivity index (χ0) is 20.9. The molecule has 2 N–H and O–H groups in total. The van der Waals surface area contributed by atoms with Crippen molar-refractivity contribution >= 4 is 41.5 Å². The standard InChI is InChI=1S/C20H25ClN6O2.HI/c1-20(2,3)15-11-24-17(28-15)12-25-19(22-4)23-10-9-16-26-18(27-29-16)13-5-7-14(21)8-6-13;/h5-8,11H,9-10,12H2,1-4H3,(H2,22,23,25);1H. The van der Waals surface area contributed by atoms with Crippen molar-refractivity contribution in [3.05, 3.63) is 53.0 Å². The Kier molecular flexibility index (Phi) is 8.65. The van der Waals surface area contributed by atoms with Gasteiger partial charge in [-0.15, -0.1) is 24.0 Å². The van der Waals surface area contributed by atoms with E-state index >= 15 is 0 Å². The van der Waals surface area contributed by atoms with Gasteiger partial charge in [0.15, 0.2) is 5.96 Å². The lowest BCUT2D eigenvalue weighted by molar-refractivity contribution is 0.377. The fourth-order valence-electron chi connectivity index (χ4n) is 2.48. The SMILES string of the molecule is CN=C(NCCc1nc(-c2ccc(Cl)cc2)no1)NCc1ncc(C(C)(C)C)o1.I. The number of hydrogen-bond donors (Lipinski definition) is 2. The van der Waals surface area contributed by atoms with Crippen molar-refractivity contribution < 1.29 is 8.94 Å². The van der Waals surface area contributed by atoms with Gasteiger partial charge >= 0.3 is 0 Å². The maximum absolute atomic E-state index is 5.90. The molecule has 3 aromatic rings. The van der Waals surface area contributed by atoms with E-state index in [-0.39, 0.29) is 29.4 Å². The summed E-state index contributed by atoms with van der Waals surface area (Å²) in [6.07, 6.45) is 2.33. The number of hydrogen-bond acceptors (Lipinski definition) is 6. The average molecular weight is 545 g/mol. The lowest BCUT2D eigenvalue weighted by atomic mass is 9.94. The van der Waals surface area contributed by atoms with E-state index in [1.165, 1.54) is 0 Å². The summed E-state index contributed by atoms with van der Waals surface area (Å²) < 4.78 is 11.1. The van der Waals surface area contributed by atoms with Crippen molar-refractivity contribution in [1.82, 2.24) is 25.8 Å².